The van der Waals surface area contributed by atoms with Gasteiger partial charge in [-0.2, -0.15) is 15.0 Å². The summed E-state index contributed by atoms with van der Waals surface area (Å²) in [5.41, 5.74) is 4.44. The molecule has 0 saturated heterocycles. The molecule has 11 heteroatoms. The fourth-order valence-electron chi connectivity index (χ4n) is 17.4. The molecule has 123 heavy (non-hydrogen) atoms. The van der Waals surface area contributed by atoms with Crippen LogP contribution < -0.4 is 10.6 Å². The number of aromatic nitrogens is 3. The minimum Gasteiger partial charge on any atom is -0.324 e. The standard InChI is InChI=1S/C112H199N5S6/c1-8-14-20-26-32-38-44-50-56-62-68-74-80-90-118-104-96-102(97-105(119-91-81-75-69-63-57-51-45-39-33-27-21-15-9-2)108(104)122-94-84-78-72-66-60-54-48-42-36-30-24-18-12-5)113-111-115-110(101-88-86-100(7)87-89-101)116-112(117-111)114-103-98-106(120-92-82-76-70-64-58-52-46-40-34-28-22-16-10-3)109(123-95-85-79-73-67-61-55-49-43-37-31-25-19-13-6)107(99-103)121-93-83-77-71-65-59-53-47-41-35-29-23-17-11-4/h86-89,96-99H,8-85,90-95H2,1-7H3,(H2,113,114,115,116,117). The van der Waals surface area contributed by atoms with Gasteiger partial charge in [-0.25, -0.2) is 0 Å². The molecule has 708 valence electrons. The van der Waals surface area contributed by atoms with Crippen LogP contribution in [0.4, 0.5) is 23.3 Å². The van der Waals surface area contributed by atoms with Crippen LogP contribution in [0.5, 0.6) is 0 Å². The lowest BCUT2D eigenvalue weighted by Gasteiger charge is -2.19. The van der Waals surface area contributed by atoms with Crippen molar-refractivity contribution in [2.45, 2.75) is 579 Å². The van der Waals surface area contributed by atoms with Crippen molar-refractivity contribution in [3.8, 4) is 11.4 Å². The summed E-state index contributed by atoms with van der Waals surface area (Å²) in [6.07, 6.45) is 109. The molecule has 1 heterocycles. The van der Waals surface area contributed by atoms with Crippen LogP contribution in [0, 0.1) is 6.92 Å². The van der Waals surface area contributed by atoms with E-state index >= 15 is 0 Å². The molecule has 0 fully saturated rings. The zero-order valence-electron chi connectivity index (χ0n) is 82.3. The normalized spacial score (nSPS) is 11.7. The minimum atomic E-state index is 0.606. The molecule has 0 spiro atoms. The summed E-state index contributed by atoms with van der Waals surface area (Å²) < 4.78 is 0. The summed E-state index contributed by atoms with van der Waals surface area (Å²) in [5, 5.41) is 7.93. The van der Waals surface area contributed by atoms with Gasteiger partial charge in [0.2, 0.25) is 11.9 Å². The zero-order valence-corrected chi connectivity index (χ0v) is 87.2. The van der Waals surface area contributed by atoms with Crippen molar-refractivity contribution in [1.82, 2.24) is 15.0 Å². The molecule has 0 amide bonds. The quantitative estimate of drug-likeness (QED) is 0.0328. The first-order valence-corrected chi connectivity index (χ1v) is 60.3. The van der Waals surface area contributed by atoms with Crippen molar-refractivity contribution in [3.63, 3.8) is 0 Å². The van der Waals surface area contributed by atoms with E-state index in [2.05, 4.69) is 178 Å². The molecule has 4 rings (SSSR count). The lowest BCUT2D eigenvalue weighted by molar-refractivity contribution is 0.543. The van der Waals surface area contributed by atoms with Gasteiger partial charge in [0.05, 0.1) is 0 Å². The third-order valence-electron chi connectivity index (χ3n) is 25.5. The molecule has 0 atom stereocenters. The van der Waals surface area contributed by atoms with Crippen LogP contribution in [0.3, 0.4) is 0 Å². The number of unbranched alkanes of at least 4 members (excludes halogenated alkanes) is 72. The summed E-state index contributed by atoms with van der Waals surface area (Å²) in [6, 6.07) is 18.8. The van der Waals surface area contributed by atoms with E-state index in [-0.39, 0.29) is 0 Å². The van der Waals surface area contributed by atoms with Crippen LogP contribution in [-0.2, 0) is 0 Å². The number of aryl methyl sites for hydroxylation is 1. The molecule has 3 aromatic carbocycles. The smallest absolute Gasteiger partial charge is 0.232 e. The van der Waals surface area contributed by atoms with E-state index in [0.29, 0.717) is 17.7 Å². The Morgan fingerprint density at radius 3 is 0.537 bits per heavy atom. The highest BCUT2D eigenvalue weighted by molar-refractivity contribution is 8.04. The van der Waals surface area contributed by atoms with E-state index in [1.165, 1.54) is 547 Å². The second-order valence-electron chi connectivity index (χ2n) is 37.6. The van der Waals surface area contributed by atoms with Crippen LogP contribution in [0.1, 0.15) is 548 Å². The molecule has 0 bridgehead atoms. The molecule has 0 aliphatic heterocycles. The van der Waals surface area contributed by atoms with Gasteiger partial charge in [0, 0.05) is 46.3 Å². The molecule has 0 aliphatic carbocycles. The van der Waals surface area contributed by atoms with Crippen LogP contribution >= 0.6 is 70.6 Å². The Labute approximate surface area is 791 Å². The van der Waals surface area contributed by atoms with Crippen molar-refractivity contribution in [1.29, 1.82) is 0 Å². The van der Waals surface area contributed by atoms with Crippen molar-refractivity contribution < 1.29 is 0 Å². The minimum absolute atomic E-state index is 0.606. The Morgan fingerprint density at radius 2 is 0.358 bits per heavy atom. The van der Waals surface area contributed by atoms with Gasteiger partial charge in [0.1, 0.15) is 0 Å². The molecular formula is C112H199N5S6. The maximum Gasteiger partial charge on any atom is 0.232 e. The lowest BCUT2D eigenvalue weighted by atomic mass is 10.1. The first kappa shape index (κ1) is 114. The van der Waals surface area contributed by atoms with Crippen LogP contribution in [0.2, 0.25) is 0 Å². The number of nitrogens with zero attached hydrogens (tertiary/aromatic N) is 3. The van der Waals surface area contributed by atoms with Crippen molar-refractivity contribution in [2.75, 3.05) is 45.2 Å². The third kappa shape index (κ3) is 65.6. The largest absolute Gasteiger partial charge is 0.324 e. The Hall–Kier alpha value is -1.63. The first-order valence-electron chi connectivity index (χ1n) is 54.4. The molecule has 4 aromatic rings. The third-order valence-corrected chi connectivity index (χ3v) is 33.0. The van der Waals surface area contributed by atoms with E-state index in [4.69, 9.17) is 15.0 Å². The Morgan fingerprint density at radius 1 is 0.195 bits per heavy atom. The summed E-state index contributed by atoms with van der Waals surface area (Å²) in [5.74, 6) is 8.91. The van der Waals surface area contributed by atoms with E-state index in [1.54, 1.807) is 0 Å². The van der Waals surface area contributed by atoms with Crippen molar-refractivity contribution in [2.24, 2.45) is 0 Å². The average molecular weight is 1810 g/mol. The summed E-state index contributed by atoms with van der Waals surface area (Å²) in [7, 11) is 0. The van der Waals surface area contributed by atoms with Crippen molar-refractivity contribution >= 4 is 93.8 Å². The number of hydrogen-bond donors (Lipinski definition) is 2. The van der Waals surface area contributed by atoms with E-state index < -0.39 is 0 Å². The fraction of sp³-hybridized carbons (Fsp3) is 0.812. The van der Waals surface area contributed by atoms with Gasteiger partial charge in [0.15, 0.2) is 5.82 Å². The molecule has 5 nitrogen and oxygen atoms in total. The van der Waals surface area contributed by atoms with Gasteiger partial charge in [-0.15, -0.1) is 70.6 Å². The molecule has 1 aromatic heterocycles. The van der Waals surface area contributed by atoms with E-state index in [9.17, 15) is 0 Å². The average Bonchev–Trinajstić information content (AvgIpc) is 0.805. The Balaban J connectivity index is 1.70. The maximum absolute atomic E-state index is 5.46. The second kappa shape index (κ2) is 87.0. The van der Waals surface area contributed by atoms with Gasteiger partial charge < -0.3 is 10.6 Å². The predicted molar refractivity (Wildman–Crippen MR) is 568 cm³/mol. The first-order chi connectivity index (χ1) is 60.9. The van der Waals surface area contributed by atoms with Crippen molar-refractivity contribution in [3.05, 3.63) is 54.1 Å². The number of nitrogens with one attached hydrogen (secondary N) is 2. The number of thioether (sulfide) groups is 6. The molecule has 0 saturated carbocycles. The topological polar surface area (TPSA) is 62.7 Å². The highest BCUT2D eigenvalue weighted by Crippen LogP contribution is 2.45. The van der Waals surface area contributed by atoms with Crippen LogP contribution in [0.25, 0.3) is 11.4 Å². The zero-order chi connectivity index (χ0) is 87.3. The SMILES string of the molecule is CCCCCCCCCCCCCCCSc1cc(Nc2nc(Nc3cc(SCCCCCCCCCCCCCCC)c(SCCCCCCCCCCCCCCC)c(SCCCCCCCCCCCCCCC)c3)nc(-c3ccc(C)cc3)n2)cc(SCCCCCCCCCCCCCCC)c1SCCCCCCCCCCCCCCC. The molecule has 2 N–H and O–H groups in total. The van der Waals surface area contributed by atoms with Crippen LogP contribution in [0.15, 0.2) is 77.9 Å². The number of rotatable bonds is 95. The fourth-order valence-corrected chi connectivity index (χ4v) is 24.9. The Kier molecular flexibility index (Phi) is 80.5. The predicted octanol–water partition coefficient (Wildman–Crippen LogP) is 42.4. The van der Waals surface area contributed by atoms with Gasteiger partial charge in [-0.1, -0.05) is 534 Å². The maximum atomic E-state index is 5.46. The number of anilines is 4. The number of hydrogen-bond acceptors (Lipinski definition) is 11. The molecular weight excluding hydrogens is 1610 g/mol. The van der Waals surface area contributed by atoms with E-state index in [0.717, 1.165) is 39.9 Å². The van der Waals surface area contributed by atoms with Gasteiger partial charge in [-0.3, -0.25) is 0 Å². The highest BCUT2D eigenvalue weighted by atomic mass is 32.2. The number of benzene rings is 3. The Bertz CT molecular complexity index is 2650. The summed E-state index contributed by atoms with van der Waals surface area (Å²) >= 11 is 12.8. The monoisotopic (exact) mass is 1810 g/mol. The lowest BCUT2D eigenvalue weighted by Crippen LogP contribution is -2.06. The summed E-state index contributed by atoms with van der Waals surface area (Å²) in [6.45, 7) is 16.2. The highest BCUT2D eigenvalue weighted by Gasteiger charge is 2.20. The van der Waals surface area contributed by atoms with Gasteiger partial charge in [-0.05, 0) is 104 Å². The van der Waals surface area contributed by atoms with Crippen LogP contribution in [-0.4, -0.2) is 49.5 Å². The molecule has 0 unspecified atom stereocenters. The summed E-state index contributed by atoms with van der Waals surface area (Å²) in [4.78, 5) is 25.1. The molecule has 0 radical (unpaired) electrons. The molecule has 0 aliphatic rings. The van der Waals surface area contributed by atoms with Gasteiger partial charge >= 0.3 is 0 Å². The van der Waals surface area contributed by atoms with Gasteiger partial charge in [0.25, 0.3) is 0 Å². The van der Waals surface area contributed by atoms with E-state index in [1.807, 2.05) is 0 Å². The second-order valence-corrected chi connectivity index (χ2v) is 44.3.